The largest absolute Gasteiger partial charge is 0.406 e. The molecule has 2 rings (SSSR count). The Labute approximate surface area is 156 Å². The van der Waals surface area contributed by atoms with E-state index in [0.29, 0.717) is 5.56 Å². The third-order valence-electron chi connectivity index (χ3n) is 2.99. The summed E-state index contributed by atoms with van der Waals surface area (Å²) in [4.78, 5) is 26.9. The van der Waals surface area contributed by atoms with Gasteiger partial charge < -0.3 is 5.32 Å². The minimum atomic E-state index is -4.51. The van der Waals surface area contributed by atoms with Gasteiger partial charge in [-0.2, -0.15) is 13.2 Å². The second-order valence-electron chi connectivity index (χ2n) is 5.08. The summed E-state index contributed by atoms with van der Waals surface area (Å²) < 4.78 is 39.7. The first-order valence-corrected chi connectivity index (χ1v) is 8.50. The molecule has 0 aliphatic carbocycles. The maximum atomic E-state index is 12.9. The molecule has 0 fully saturated rings. The fourth-order valence-electron chi connectivity index (χ4n) is 1.93. The van der Waals surface area contributed by atoms with Gasteiger partial charge in [0, 0.05) is 24.5 Å². The van der Waals surface area contributed by atoms with Gasteiger partial charge in [0.1, 0.15) is 6.54 Å². The van der Waals surface area contributed by atoms with Crippen molar-refractivity contribution in [1.82, 2.24) is 30.4 Å². The number of rotatable bonds is 7. The SMILES string of the molecule is C=CCNC(=O)NC(=O)CSc1nnc(-c2ccncc2)n1CC(F)(F)F. The Kier molecular flexibility index (Phi) is 6.93. The third kappa shape index (κ3) is 6.40. The van der Waals surface area contributed by atoms with Crippen LogP contribution in [0.5, 0.6) is 0 Å². The van der Waals surface area contributed by atoms with Gasteiger partial charge in [0.05, 0.1) is 5.75 Å². The zero-order valence-electron chi connectivity index (χ0n) is 13.9. The molecule has 0 saturated heterocycles. The molecular formula is C15H15F3N6O2S. The summed E-state index contributed by atoms with van der Waals surface area (Å²) in [7, 11) is 0. The fourth-order valence-corrected chi connectivity index (χ4v) is 2.67. The highest BCUT2D eigenvalue weighted by molar-refractivity contribution is 7.99. The Balaban J connectivity index is 2.12. The predicted octanol–water partition coefficient (Wildman–Crippen LogP) is 2.01. The monoisotopic (exact) mass is 400 g/mol. The second-order valence-corrected chi connectivity index (χ2v) is 6.02. The molecule has 2 aromatic heterocycles. The van der Waals surface area contributed by atoms with E-state index in [4.69, 9.17) is 0 Å². The molecule has 0 radical (unpaired) electrons. The number of alkyl halides is 3. The number of carbonyl (C=O) groups is 2. The number of amides is 3. The Morgan fingerprint density at radius 3 is 2.59 bits per heavy atom. The quantitative estimate of drug-likeness (QED) is 0.545. The summed E-state index contributed by atoms with van der Waals surface area (Å²) in [5, 5.41) is 11.8. The van der Waals surface area contributed by atoms with Crippen LogP contribution in [0, 0.1) is 0 Å². The lowest BCUT2D eigenvalue weighted by atomic mass is 10.2. The van der Waals surface area contributed by atoms with Gasteiger partial charge in [-0.25, -0.2) is 4.79 Å². The molecule has 0 aliphatic heterocycles. The van der Waals surface area contributed by atoms with Crippen molar-refractivity contribution in [2.75, 3.05) is 12.3 Å². The fraction of sp³-hybridized carbons (Fsp3) is 0.267. The van der Waals surface area contributed by atoms with Crippen LogP contribution in [0.3, 0.4) is 0 Å². The number of aromatic nitrogens is 4. The van der Waals surface area contributed by atoms with Crippen molar-refractivity contribution < 1.29 is 22.8 Å². The van der Waals surface area contributed by atoms with Crippen LogP contribution < -0.4 is 10.6 Å². The Hall–Kier alpha value is -2.89. The first-order valence-electron chi connectivity index (χ1n) is 7.52. The highest BCUT2D eigenvalue weighted by Crippen LogP contribution is 2.28. The number of pyridine rings is 1. The van der Waals surface area contributed by atoms with Crippen LogP contribution in [-0.2, 0) is 11.3 Å². The number of nitrogens with one attached hydrogen (secondary N) is 2. The molecule has 0 saturated carbocycles. The third-order valence-corrected chi connectivity index (χ3v) is 3.95. The lowest BCUT2D eigenvalue weighted by Gasteiger charge is -2.12. The maximum absolute atomic E-state index is 12.9. The lowest BCUT2D eigenvalue weighted by molar-refractivity contribution is -0.141. The number of halogens is 3. The molecule has 2 heterocycles. The molecule has 0 spiro atoms. The summed E-state index contributed by atoms with van der Waals surface area (Å²) >= 11 is 0.739. The van der Waals surface area contributed by atoms with Crippen molar-refractivity contribution >= 4 is 23.7 Å². The average Bonchev–Trinajstić information content (AvgIpc) is 2.99. The highest BCUT2D eigenvalue weighted by atomic mass is 32.2. The van der Waals surface area contributed by atoms with E-state index in [1.54, 1.807) is 0 Å². The number of imide groups is 1. The van der Waals surface area contributed by atoms with Gasteiger partial charge >= 0.3 is 12.2 Å². The van der Waals surface area contributed by atoms with Gasteiger partial charge in [-0.1, -0.05) is 17.8 Å². The first-order chi connectivity index (χ1) is 12.8. The van der Waals surface area contributed by atoms with Gasteiger partial charge in [0.2, 0.25) is 5.91 Å². The normalized spacial score (nSPS) is 11.1. The lowest BCUT2D eigenvalue weighted by Crippen LogP contribution is -2.40. The first kappa shape index (κ1) is 20.4. The van der Waals surface area contributed by atoms with E-state index >= 15 is 0 Å². The average molecular weight is 400 g/mol. The second kappa shape index (κ2) is 9.16. The van der Waals surface area contributed by atoms with Crippen molar-refractivity contribution in [2.45, 2.75) is 17.9 Å². The molecule has 144 valence electrons. The van der Waals surface area contributed by atoms with Crippen LogP contribution in [0.1, 0.15) is 0 Å². The van der Waals surface area contributed by atoms with E-state index in [1.165, 1.54) is 30.6 Å². The zero-order valence-corrected chi connectivity index (χ0v) is 14.7. The summed E-state index contributed by atoms with van der Waals surface area (Å²) in [6.07, 6.45) is -0.237. The molecule has 0 unspecified atom stereocenters. The van der Waals surface area contributed by atoms with Crippen LogP contribution in [0.15, 0.2) is 42.3 Å². The van der Waals surface area contributed by atoms with Crippen LogP contribution in [-0.4, -0.2) is 50.2 Å². The molecule has 2 aromatic rings. The van der Waals surface area contributed by atoms with Gasteiger partial charge in [0.25, 0.3) is 0 Å². The molecule has 3 amide bonds. The molecule has 0 aliphatic rings. The summed E-state index contributed by atoms with van der Waals surface area (Å²) in [5.41, 5.74) is 0.404. The number of urea groups is 1. The number of nitrogens with zero attached hydrogens (tertiary/aromatic N) is 4. The molecule has 27 heavy (non-hydrogen) atoms. The topological polar surface area (TPSA) is 102 Å². The minimum absolute atomic E-state index is 0.00126. The molecular weight excluding hydrogens is 385 g/mol. The predicted molar refractivity (Wildman–Crippen MR) is 91.8 cm³/mol. The smallest absolute Gasteiger partial charge is 0.334 e. The number of thioether (sulfide) groups is 1. The highest BCUT2D eigenvalue weighted by Gasteiger charge is 2.31. The van der Waals surface area contributed by atoms with Crippen LogP contribution >= 0.6 is 11.8 Å². The number of hydrogen-bond donors (Lipinski definition) is 2. The summed E-state index contributed by atoms with van der Waals surface area (Å²) in [5.74, 6) is -0.997. The van der Waals surface area contributed by atoms with Crippen LogP contribution in [0.2, 0.25) is 0 Å². The maximum Gasteiger partial charge on any atom is 0.406 e. The zero-order chi connectivity index (χ0) is 19.9. The van der Waals surface area contributed by atoms with Crippen LogP contribution in [0.25, 0.3) is 11.4 Å². The molecule has 0 aromatic carbocycles. The Morgan fingerprint density at radius 1 is 1.26 bits per heavy atom. The molecule has 12 heteroatoms. The van der Waals surface area contributed by atoms with E-state index in [9.17, 15) is 22.8 Å². The van der Waals surface area contributed by atoms with Gasteiger partial charge in [-0.15, -0.1) is 16.8 Å². The molecule has 0 atom stereocenters. The van der Waals surface area contributed by atoms with E-state index in [-0.39, 0.29) is 23.3 Å². The van der Waals surface area contributed by atoms with E-state index < -0.39 is 24.7 Å². The van der Waals surface area contributed by atoms with Gasteiger partial charge in [-0.3, -0.25) is 19.7 Å². The summed E-state index contributed by atoms with van der Waals surface area (Å²) in [6.45, 7) is 2.26. The van der Waals surface area contributed by atoms with E-state index in [1.807, 2.05) is 5.32 Å². The van der Waals surface area contributed by atoms with Crippen molar-refractivity contribution in [1.29, 1.82) is 0 Å². The van der Waals surface area contributed by atoms with Gasteiger partial charge in [0.15, 0.2) is 11.0 Å². The number of carbonyl (C=O) groups excluding carboxylic acids is 2. The van der Waals surface area contributed by atoms with Crippen molar-refractivity contribution in [3.8, 4) is 11.4 Å². The Bertz CT molecular complexity index is 810. The standard InChI is InChI=1S/C15H15F3N6O2S/c1-2-5-20-13(26)21-11(25)8-27-14-23-22-12(10-3-6-19-7-4-10)24(14)9-15(16,17)18/h2-4,6-7H,1,5,8-9H2,(H2,20,21,25,26). The molecule has 2 N–H and O–H groups in total. The minimum Gasteiger partial charge on any atom is -0.334 e. The molecule has 8 nitrogen and oxygen atoms in total. The molecule has 0 bridgehead atoms. The summed E-state index contributed by atoms with van der Waals surface area (Å²) in [6, 6.07) is 2.28. The van der Waals surface area contributed by atoms with Crippen LogP contribution in [0.4, 0.5) is 18.0 Å². The number of hydrogen-bond acceptors (Lipinski definition) is 6. The van der Waals surface area contributed by atoms with E-state index in [0.717, 1.165) is 16.3 Å². The van der Waals surface area contributed by atoms with Crippen molar-refractivity contribution in [2.24, 2.45) is 0 Å². The van der Waals surface area contributed by atoms with Crippen molar-refractivity contribution in [3.05, 3.63) is 37.2 Å². The Morgan fingerprint density at radius 2 is 1.96 bits per heavy atom. The van der Waals surface area contributed by atoms with Gasteiger partial charge in [-0.05, 0) is 12.1 Å². The van der Waals surface area contributed by atoms with E-state index in [2.05, 4.69) is 27.1 Å². The van der Waals surface area contributed by atoms with Crippen molar-refractivity contribution in [3.63, 3.8) is 0 Å².